The maximum atomic E-state index is 10.6. The van der Waals surface area contributed by atoms with Gasteiger partial charge in [-0.15, -0.1) is 0 Å². The molecule has 1 unspecified atom stereocenters. The van der Waals surface area contributed by atoms with Crippen LogP contribution in [0.5, 0.6) is 0 Å². The topological polar surface area (TPSA) is 58.4 Å². The average molecular weight is 219 g/mol. The van der Waals surface area contributed by atoms with E-state index >= 15 is 0 Å². The highest BCUT2D eigenvalue weighted by Crippen LogP contribution is 2.36. The van der Waals surface area contributed by atoms with E-state index in [0.29, 0.717) is 0 Å². The standard InChI is InChI=1S/C12H17N3O/c1-12(6-7-15(13)8-12)10-4-2-3-5-11(10)14-9-16/h2-5,9H,6-8,13H2,1H3,(H,14,16). The van der Waals surface area contributed by atoms with E-state index in [-0.39, 0.29) is 5.41 Å². The Labute approximate surface area is 95.4 Å². The van der Waals surface area contributed by atoms with Crippen LogP contribution in [0.15, 0.2) is 24.3 Å². The normalized spacial score (nSPS) is 25.6. The van der Waals surface area contributed by atoms with Gasteiger partial charge in [-0.25, -0.2) is 5.01 Å². The summed E-state index contributed by atoms with van der Waals surface area (Å²) in [5.74, 6) is 5.82. The Bertz CT molecular complexity index is 394. The van der Waals surface area contributed by atoms with Crippen LogP contribution in [0.4, 0.5) is 5.69 Å². The molecule has 0 aliphatic carbocycles. The number of para-hydroxylation sites is 1. The summed E-state index contributed by atoms with van der Waals surface area (Å²) in [4.78, 5) is 10.6. The van der Waals surface area contributed by atoms with Gasteiger partial charge in [-0.1, -0.05) is 25.1 Å². The largest absolute Gasteiger partial charge is 0.328 e. The minimum Gasteiger partial charge on any atom is -0.328 e. The minimum absolute atomic E-state index is 0.0291. The Balaban J connectivity index is 2.35. The number of rotatable bonds is 3. The number of hydrogen-bond acceptors (Lipinski definition) is 3. The lowest BCUT2D eigenvalue weighted by Crippen LogP contribution is -2.33. The Kier molecular flexibility index (Phi) is 2.94. The predicted octanol–water partition coefficient (Wildman–Crippen LogP) is 1.09. The number of amides is 1. The van der Waals surface area contributed by atoms with E-state index in [9.17, 15) is 4.79 Å². The average Bonchev–Trinajstić information content (AvgIpc) is 2.61. The first kappa shape index (κ1) is 11.1. The van der Waals surface area contributed by atoms with Crippen LogP contribution >= 0.6 is 0 Å². The highest BCUT2D eigenvalue weighted by atomic mass is 16.1. The molecule has 1 heterocycles. The van der Waals surface area contributed by atoms with E-state index < -0.39 is 0 Å². The zero-order valence-corrected chi connectivity index (χ0v) is 9.44. The number of hydrogen-bond donors (Lipinski definition) is 2. The molecule has 1 atom stereocenters. The summed E-state index contributed by atoms with van der Waals surface area (Å²) in [5, 5.41) is 4.58. The Morgan fingerprint density at radius 3 is 2.88 bits per heavy atom. The fourth-order valence-corrected chi connectivity index (χ4v) is 2.42. The molecule has 1 aromatic rings. The van der Waals surface area contributed by atoms with Crippen molar-refractivity contribution in [2.75, 3.05) is 18.4 Å². The smallest absolute Gasteiger partial charge is 0.211 e. The van der Waals surface area contributed by atoms with Gasteiger partial charge in [0.2, 0.25) is 6.41 Å². The summed E-state index contributed by atoms with van der Waals surface area (Å²) in [7, 11) is 0. The highest BCUT2D eigenvalue weighted by Gasteiger charge is 2.35. The van der Waals surface area contributed by atoms with Crippen LogP contribution in [-0.2, 0) is 10.2 Å². The monoisotopic (exact) mass is 219 g/mol. The first-order chi connectivity index (χ1) is 7.65. The van der Waals surface area contributed by atoms with Crippen molar-refractivity contribution in [3.8, 4) is 0 Å². The molecule has 1 fully saturated rings. The maximum Gasteiger partial charge on any atom is 0.211 e. The van der Waals surface area contributed by atoms with Gasteiger partial charge < -0.3 is 5.32 Å². The van der Waals surface area contributed by atoms with Crippen LogP contribution in [0.2, 0.25) is 0 Å². The number of carbonyl (C=O) groups excluding carboxylic acids is 1. The van der Waals surface area contributed by atoms with Crippen LogP contribution in [0.25, 0.3) is 0 Å². The number of hydrazine groups is 1. The van der Waals surface area contributed by atoms with Gasteiger partial charge in [-0.3, -0.25) is 10.6 Å². The highest BCUT2D eigenvalue weighted by molar-refractivity contribution is 5.74. The molecule has 0 spiro atoms. The lowest BCUT2D eigenvalue weighted by Gasteiger charge is -2.26. The number of nitrogens with zero attached hydrogens (tertiary/aromatic N) is 1. The van der Waals surface area contributed by atoms with Crippen molar-refractivity contribution in [2.24, 2.45) is 5.84 Å². The summed E-state index contributed by atoms with van der Waals surface area (Å²) < 4.78 is 0. The van der Waals surface area contributed by atoms with Gasteiger partial charge in [0.1, 0.15) is 0 Å². The van der Waals surface area contributed by atoms with Gasteiger partial charge in [0.05, 0.1) is 0 Å². The van der Waals surface area contributed by atoms with Crippen LogP contribution in [0.3, 0.4) is 0 Å². The molecule has 2 rings (SSSR count). The summed E-state index contributed by atoms with van der Waals surface area (Å²) in [5.41, 5.74) is 2.08. The van der Waals surface area contributed by atoms with Crippen molar-refractivity contribution in [3.05, 3.63) is 29.8 Å². The van der Waals surface area contributed by atoms with E-state index in [1.165, 1.54) is 0 Å². The zero-order chi connectivity index (χ0) is 11.6. The summed E-state index contributed by atoms with van der Waals surface area (Å²) in [6.45, 7) is 3.90. The quantitative estimate of drug-likeness (QED) is 0.591. The van der Waals surface area contributed by atoms with E-state index in [4.69, 9.17) is 5.84 Å². The lowest BCUT2D eigenvalue weighted by molar-refractivity contribution is -0.105. The van der Waals surface area contributed by atoms with Crippen molar-refractivity contribution >= 4 is 12.1 Å². The van der Waals surface area contributed by atoms with Crippen molar-refractivity contribution in [3.63, 3.8) is 0 Å². The van der Waals surface area contributed by atoms with Crippen molar-refractivity contribution in [2.45, 2.75) is 18.8 Å². The fourth-order valence-electron chi connectivity index (χ4n) is 2.42. The van der Waals surface area contributed by atoms with Crippen molar-refractivity contribution < 1.29 is 4.79 Å². The number of carbonyl (C=O) groups is 1. The molecule has 0 bridgehead atoms. The van der Waals surface area contributed by atoms with Crippen molar-refractivity contribution in [1.29, 1.82) is 0 Å². The number of benzene rings is 1. The Hall–Kier alpha value is -1.39. The zero-order valence-electron chi connectivity index (χ0n) is 9.44. The second-order valence-electron chi connectivity index (χ2n) is 4.59. The number of anilines is 1. The predicted molar refractivity (Wildman–Crippen MR) is 63.9 cm³/mol. The molecule has 3 N–H and O–H groups in total. The molecule has 0 saturated carbocycles. The minimum atomic E-state index is 0.0291. The van der Waals surface area contributed by atoms with Gasteiger partial charge in [-0.05, 0) is 18.1 Å². The summed E-state index contributed by atoms with van der Waals surface area (Å²) in [6.07, 6.45) is 1.73. The van der Waals surface area contributed by atoms with Crippen molar-refractivity contribution in [1.82, 2.24) is 5.01 Å². The fraction of sp³-hybridized carbons (Fsp3) is 0.417. The Morgan fingerprint density at radius 1 is 1.50 bits per heavy atom. The molecular weight excluding hydrogens is 202 g/mol. The number of nitrogens with two attached hydrogens (primary N) is 1. The summed E-state index contributed by atoms with van der Waals surface area (Å²) >= 11 is 0. The van der Waals surface area contributed by atoms with Crippen LogP contribution in [0.1, 0.15) is 18.9 Å². The van der Waals surface area contributed by atoms with Gasteiger partial charge in [0, 0.05) is 24.2 Å². The molecule has 1 aliphatic rings. The molecule has 1 saturated heterocycles. The Morgan fingerprint density at radius 2 is 2.25 bits per heavy atom. The van der Waals surface area contributed by atoms with Gasteiger partial charge in [-0.2, -0.15) is 0 Å². The molecule has 4 heteroatoms. The molecule has 16 heavy (non-hydrogen) atoms. The third kappa shape index (κ3) is 1.94. The third-order valence-corrected chi connectivity index (χ3v) is 3.29. The first-order valence-electron chi connectivity index (χ1n) is 5.45. The summed E-state index contributed by atoms with van der Waals surface area (Å²) in [6, 6.07) is 7.91. The lowest BCUT2D eigenvalue weighted by atomic mass is 9.81. The van der Waals surface area contributed by atoms with Gasteiger partial charge >= 0.3 is 0 Å². The molecule has 1 amide bonds. The molecule has 4 nitrogen and oxygen atoms in total. The maximum absolute atomic E-state index is 10.6. The SMILES string of the molecule is CC1(c2ccccc2NC=O)CCN(N)C1. The van der Waals surface area contributed by atoms with Gasteiger partial charge in [0.25, 0.3) is 0 Å². The molecule has 0 radical (unpaired) electrons. The second-order valence-corrected chi connectivity index (χ2v) is 4.59. The molecule has 1 aromatic carbocycles. The van der Waals surface area contributed by atoms with Crippen LogP contribution in [0, 0.1) is 0 Å². The number of nitrogens with one attached hydrogen (secondary N) is 1. The van der Waals surface area contributed by atoms with E-state index in [1.54, 1.807) is 0 Å². The van der Waals surface area contributed by atoms with Crippen LogP contribution in [-0.4, -0.2) is 24.5 Å². The van der Waals surface area contributed by atoms with E-state index in [0.717, 1.165) is 37.2 Å². The van der Waals surface area contributed by atoms with Gasteiger partial charge in [0.15, 0.2) is 0 Å². The first-order valence-corrected chi connectivity index (χ1v) is 5.45. The molecule has 86 valence electrons. The molecule has 0 aromatic heterocycles. The van der Waals surface area contributed by atoms with E-state index in [1.807, 2.05) is 23.2 Å². The van der Waals surface area contributed by atoms with E-state index in [2.05, 4.69) is 18.3 Å². The molecular formula is C12H17N3O. The van der Waals surface area contributed by atoms with Crippen LogP contribution < -0.4 is 11.2 Å². The second kappa shape index (κ2) is 4.23. The molecule has 1 aliphatic heterocycles. The third-order valence-electron chi connectivity index (χ3n) is 3.29.